The maximum Gasteiger partial charge on any atom is 0.412 e. The maximum absolute atomic E-state index is 12.3. The van der Waals surface area contributed by atoms with Crippen molar-refractivity contribution < 1.29 is 43.3 Å². The second kappa shape index (κ2) is 29.5. The Bertz CT molecular complexity index is 2070. The first kappa shape index (κ1) is 54.3. The number of nitrogens with two attached hydrogens (primary N) is 1. The first-order valence-electron chi connectivity index (χ1n) is 21.6. The Labute approximate surface area is 382 Å². The van der Waals surface area contributed by atoms with Crippen molar-refractivity contribution in [1.29, 1.82) is 0 Å². The zero-order valence-corrected chi connectivity index (χ0v) is 38.4. The van der Waals surface area contributed by atoms with Gasteiger partial charge in [-0.15, -0.1) is 0 Å². The second-order valence-corrected chi connectivity index (χ2v) is 16.7. The molecule has 4 rings (SSSR count). The highest BCUT2D eigenvalue weighted by Crippen LogP contribution is 2.24. The molecule has 17 nitrogen and oxygen atoms in total. The number of hydrogen-bond acceptors (Lipinski definition) is 11. The molecular weight excluding hydrogens is 833 g/mol. The SMILES string of the molecule is CC(C)(C)OC(=O)Nc1ccccc1NC(=O)CCCCCC(=O)NCc1cccnc1.CC(C)(C)OC(=O)Nc1ccccc1NC(=O)CCCCCC(=O)O.NCc1cccnc1. The molecule has 17 heteroatoms. The minimum Gasteiger partial charge on any atom is -0.481 e. The van der Waals surface area contributed by atoms with E-state index in [2.05, 4.69) is 36.6 Å². The fourth-order valence-corrected chi connectivity index (χ4v) is 5.45. The summed E-state index contributed by atoms with van der Waals surface area (Å²) in [4.78, 5) is 78.4. The summed E-state index contributed by atoms with van der Waals surface area (Å²) in [7, 11) is 0. The van der Waals surface area contributed by atoms with Crippen LogP contribution in [-0.4, -0.2) is 62.2 Å². The van der Waals surface area contributed by atoms with Crippen LogP contribution in [0.15, 0.2) is 97.6 Å². The van der Waals surface area contributed by atoms with Crippen LogP contribution in [0.5, 0.6) is 0 Å². The van der Waals surface area contributed by atoms with Gasteiger partial charge in [-0.1, -0.05) is 49.2 Å². The molecule has 2 aromatic heterocycles. The summed E-state index contributed by atoms with van der Waals surface area (Å²) < 4.78 is 10.5. The standard InChI is InChI=1S/C24H32N4O4.C18H26N2O5.C6H8N2/c1-24(2,3)32-23(31)28-20-12-8-7-11-19(20)27-22(30)14-6-4-5-13-21(29)26-17-18-10-9-15-25-16-18;1-18(2,3)25-17(24)20-14-10-8-7-9-13(14)19-15(21)11-5-4-6-12-16(22)23;7-4-6-2-1-3-8-5-6/h7-12,15-16H,4-6,13-14,17H2,1-3H3,(H,26,29)(H,27,30)(H,28,31);7-10H,4-6,11-12H2,1-3H3,(H,19,21)(H,20,24)(H,22,23);1-3,5H,4,7H2. The average Bonchev–Trinajstić information content (AvgIpc) is 3.24. The van der Waals surface area contributed by atoms with E-state index in [1.54, 1.807) is 115 Å². The molecule has 352 valence electrons. The van der Waals surface area contributed by atoms with Crippen molar-refractivity contribution in [3.63, 3.8) is 0 Å². The smallest absolute Gasteiger partial charge is 0.412 e. The Morgan fingerprint density at radius 1 is 0.523 bits per heavy atom. The van der Waals surface area contributed by atoms with Crippen molar-refractivity contribution in [2.45, 2.75) is 130 Å². The monoisotopic (exact) mass is 898 g/mol. The average molecular weight is 899 g/mol. The van der Waals surface area contributed by atoms with Gasteiger partial charge >= 0.3 is 18.2 Å². The number of hydrogen-bond donors (Lipinski definition) is 7. The van der Waals surface area contributed by atoms with E-state index < -0.39 is 29.4 Å². The number of amides is 5. The number of anilines is 4. The molecule has 0 aliphatic rings. The summed E-state index contributed by atoms with van der Waals surface area (Å²) >= 11 is 0. The first-order valence-corrected chi connectivity index (χ1v) is 21.6. The summed E-state index contributed by atoms with van der Waals surface area (Å²) in [5.74, 6) is -1.18. The molecule has 5 amide bonds. The van der Waals surface area contributed by atoms with Gasteiger partial charge in [0, 0.05) is 63.6 Å². The lowest BCUT2D eigenvalue weighted by Crippen LogP contribution is -2.27. The van der Waals surface area contributed by atoms with Gasteiger partial charge in [-0.05, 0) is 115 Å². The molecule has 2 heterocycles. The predicted molar refractivity (Wildman–Crippen MR) is 252 cm³/mol. The first-order chi connectivity index (χ1) is 30.8. The fraction of sp³-hybridized carbons (Fsp3) is 0.417. The van der Waals surface area contributed by atoms with Gasteiger partial charge in [0.05, 0.1) is 22.7 Å². The second-order valence-electron chi connectivity index (χ2n) is 16.7. The number of aliphatic carboxylic acids is 1. The van der Waals surface area contributed by atoms with E-state index in [-0.39, 0.29) is 24.1 Å². The lowest BCUT2D eigenvalue weighted by molar-refractivity contribution is -0.137. The molecule has 0 saturated heterocycles. The lowest BCUT2D eigenvalue weighted by Gasteiger charge is -2.20. The van der Waals surface area contributed by atoms with Crippen molar-refractivity contribution in [1.82, 2.24) is 15.3 Å². The topological polar surface area (TPSA) is 253 Å². The zero-order chi connectivity index (χ0) is 48.1. The van der Waals surface area contributed by atoms with Gasteiger partial charge in [0.1, 0.15) is 11.2 Å². The molecule has 0 aliphatic carbocycles. The van der Waals surface area contributed by atoms with E-state index in [1.807, 2.05) is 24.3 Å². The third-order valence-corrected chi connectivity index (χ3v) is 8.45. The van der Waals surface area contributed by atoms with Gasteiger partial charge in [0.2, 0.25) is 17.7 Å². The maximum atomic E-state index is 12.3. The molecule has 8 N–H and O–H groups in total. The molecule has 0 radical (unpaired) electrons. The van der Waals surface area contributed by atoms with Crippen molar-refractivity contribution in [3.8, 4) is 0 Å². The Kier molecular flexibility index (Phi) is 24.6. The van der Waals surface area contributed by atoms with Crippen LogP contribution in [0.1, 0.15) is 117 Å². The summed E-state index contributed by atoms with van der Waals surface area (Å²) in [6, 6.07) is 21.4. The largest absolute Gasteiger partial charge is 0.481 e. The predicted octanol–water partition coefficient (Wildman–Crippen LogP) is 9.18. The minimum atomic E-state index is -0.827. The third-order valence-electron chi connectivity index (χ3n) is 8.45. The zero-order valence-electron chi connectivity index (χ0n) is 38.4. The normalized spacial score (nSPS) is 10.6. The van der Waals surface area contributed by atoms with Crippen molar-refractivity contribution >= 4 is 58.6 Å². The molecule has 4 aromatic rings. The molecule has 0 unspecified atom stereocenters. The number of rotatable bonds is 19. The molecule has 65 heavy (non-hydrogen) atoms. The van der Waals surface area contributed by atoms with E-state index in [9.17, 15) is 28.8 Å². The van der Waals surface area contributed by atoms with Crippen LogP contribution in [0.3, 0.4) is 0 Å². The Morgan fingerprint density at radius 2 is 0.908 bits per heavy atom. The van der Waals surface area contributed by atoms with E-state index in [4.69, 9.17) is 20.3 Å². The number of nitrogens with one attached hydrogen (secondary N) is 5. The fourth-order valence-electron chi connectivity index (χ4n) is 5.45. The molecule has 0 bridgehead atoms. The number of unbranched alkanes of at least 4 members (excludes halogenated alkanes) is 4. The van der Waals surface area contributed by atoms with E-state index in [0.29, 0.717) is 87.2 Å². The number of carboxylic acids is 1. The van der Waals surface area contributed by atoms with Gasteiger partial charge in [-0.3, -0.25) is 39.8 Å². The van der Waals surface area contributed by atoms with Crippen LogP contribution in [-0.2, 0) is 41.7 Å². The van der Waals surface area contributed by atoms with Crippen LogP contribution in [0.4, 0.5) is 32.3 Å². The Morgan fingerprint density at radius 3 is 1.26 bits per heavy atom. The summed E-state index contributed by atoms with van der Waals surface area (Å²) in [6.07, 6.45) is 10.9. The molecule has 0 saturated carbocycles. The lowest BCUT2D eigenvalue weighted by atomic mass is 10.1. The number of para-hydroxylation sites is 4. The van der Waals surface area contributed by atoms with Crippen LogP contribution in [0.2, 0.25) is 0 Å². The number of ether oxygens (including phenoxy) is 2. The minimum absolute atomic E-state index is 0.0135. The number of aromatic nitrogens is 2. The Hall–Kier alpha value is -6.88. The molecule has 0 aliphatic heterocycles. The van der Waals surface area contributed by atoms with Crippen LogP contribution in [0.25, 0.3) is 0 Å². The number of carbonyl (C=O) groups excluding carboxylic acids is 5. The molecule has 0 atom stereocenters. The van der Waals surface area contributed by atoms with Crippen LogP contribution >= 0.6 is 0 Å². The van der Waals surface area contributed by atoms with Gasteiger partial charge in [0.25, 0.3) is 0 Å². The van der Waals surface area contributed by atoms with Gasteiger partial charge in [0.15, 0.2) is 0 Å². The number of carbonyl (C=O) groups is 6. The van der Waals surface area contributed by atoms with Gasteiger partial charge in [-0.2, -0.15) is 0 Å². The van der Waals surface area contributed by atoms with Crippen molar-refractivity contribution in [3.05, 3.63) is 109 Å². The van der Waals surface area contributed by atoms with Crippen LogP contribution < -0.4 is 32.3 Å². The highest BCUT2D eigenvalue weighted by molar-refractivity contribution is 5.98. The van der Waals surface area contributed by atoms with Crippen molar-refractivity contribution in [2.24, 2.45) is 5.73 Å². The van der Waals surface area contributed by atoms with Gasteiger partial charge < -0.3 is 36.3 Å². The molecular formula is C48H66N8O9. The number of pyridine rings is 2. The molecule has 2 aromatic carbocycles. The van der Waals surface area contributed by atoms with E-state index in [0.717, 1.165) is 17.5 Å². The Balaban J connectivity index is 0.000000388. The van der Waals surface area contributed by atoms with Gasteiger partial charge in [-0.25, -0.2) is 9.59 Å². The van der Waals surface area contributed by atoms with Crippen LogP contribution in [0, 0.1) is 0 Å². The summed E-state index contributed by atoms with van der Waals surface area (Å²) in [5, 5.41) is 22.3. The molecule has 0 fully saturated rings. The summed E-state index contributed by atoms with van der Waals surface area (Å²) in [5.41, 5.74) is 8.05. The van der Waals surface area contributed by atoms with E-state index >= 15 is 0 Å². The summed E-state index contributed by atoms with van der Waals surface area (Å²) in [6.45, 7) is 11.7. The third kappa shape index (κ3) is 27.0. The number of benzene rings is 2. The van der Waals surface area contributed by atoms with E-state index in [1.165, 1.54) is 0 Å². The van der Waals surface area contributed by atoms with Crippen molar-refractivity contribution in [2.75, 3.05) is 21.3 Å². The highest BCUT2D eigenvalue weighted by atomic mass is 16.6. The number of nitrogens with zero attached hydrogens (tertiary/aromatic N) is 2. The highest BCUT2D eigenvalue weighted by Gasteiger charge is 2.19. The molecule has 0 spiro atoms. The quantitative estimate of drug-likeness (QED) is 0.0435. The number of carboxylic acid groups (broad SMARTS) is 1.